The first kappa shape index (κ1) is 33.6. The maximum Gasteiger partial charge on any atom is 0.318 e. The van der Waals surface area contributed by atoms with Gasteiger partial charge in [-0.25, -0.2) is 0 Å². The SMILES string of the molecule is C[C@@H]1C(=O)Oc2ccccc2C1=C1c2ccccc2CCc2ccccc21.C[C@H]1C(=O)Oc2ccccc2C1=C1c2ccccc2CCc2ccccc21. The number of carbonyl (C=O) groups excluding carboxylic acids is 2. The first-order valence-electron chi connectivity index (χ1n) is 18.9. The van der Waals surface area contributed by atoms with E-state index in [9.17, 15) is 9.59 Å². The number of esters is 2. The van der Waals surface area contributed by atoms with Gasteiger partial charge in [-0.3, -0.25) is 9.59 Å². The van der Waals surface area contributed by atoms with Gasteiger partial charge < -0.3 is 9.47 Å². The van der Waals surface area contributed by atoms with Gasteiger partial charge in [-0.05, 0) is 118 Å². The molecule has 0 amide bonds. The first-order chi connectivity index (χ1) is 26.5. The molecule has 0 aromatic heterocycles. The lowest BCUT2D eigenvalue weighted by molar-refractivity contribution is -0.137. The third kappa shape index (κ3) is 5.79. The van der Waals surface area contributed by atoms with Crippen molar-refractivity contribution in [2.45, 2.75) is 39.5 Å². The highest BCUT2D eigenvalue weighted by Gasteiger charge is 2.35. The summed E-state index contributed by atoms with van der Waals surface area (Å²) in [5.41, 5.74) is 16.8. The maximum absolute atomic E-state index is 12.7. The fourth-order valence-corrected chi connectivity index (χ4v) is 8.69. The lowest BCUT2D eigenvalue weighted by Gasteiger charge is -2.28. The zero-order chi connectivity index (χ0) is 36.8. The van der Waals surface area contributed by atoms with Crippen LogP contribution in [0.25, 0.3) is 22.3 Å². The van der Waals surface area contributed by atoms with Gasteiger partial charge in [0.1, 0.15) is 11.5 Å². The lowest BCUT2D eigenvalue weighted by atomic mass is 9.80. The van der Waals surface area contributed by atoms with E-state index in [1.807, 2.05) is 50.2 Å². The number of para-hydroxylation sites is 2. The Hall–Kier alpha value is -6.26. The first-order valence-corrected chi connectivity index (χ1v) is 18.9. The molecule has 2 atom stereocenters. The molecular weight excluding hydrogens is 665 g/mol. The number of hydrogen-bond donors (Lipinski definition) is 0. The van der Waals surface area contributed by atoms with Crippen LogP contribution in [0.4, 0.5) is 0 Å². The molecule has 10 rings (SSSR count). The van der Waals surface area contributed by atoms with Crippen molar-refractivity contribution in [3.63, 3.8) is 0 Å². The van der Waals surface area contributed by atoms with Crippen LogP contribution in [-0.2, 0) is 35.3 Å². The monoisotopic (exact) mass is 704 g/mol. The predicted molar refractivity (Wildman–Crippen MR) is 215 cm³/mol. The average Bonchev–Trinajstić information content (AvgIpc) is 3.48. The molecule has 0 saturated heterocycles. The van der Waals surface area contributed by atoms with Crippen molar-refractivity contribution in [3.8, 4) is 11.5 Å². The third-order valence-corrected chi connectivity index (χ3v) is 11.4. The van der Waals surface area contributed by atoms with Crippen molar-refractivity contribution < 1.29 is 19.1 Å². The topological polar surface area (TPSA) is 52.6 Å². The van der Waals surface area contributed by atoms with Crippen molar-refractivity contribution in [3.05, 3.63) is 201 Å². The summed E-state index contributed by atoms with van der Waals surface area (Å²) in [6.07, 6.45) is 4.02. The van der Waals surface area contributed by atoms with Crippen molar-refractivity contribution in [2.24, 2.45) is 11.8 Å². The molecule has 0 radical (unpaired) electrons. The minimum absolute atomic E-state index is 0.185. The summed E-state index contributed by atoms with van der Waals surface area (Å²) in [5.74, 6) is 0.318. The van der Waals surface area contributed by atoms with Crippen LogP contribution in [0.3, 0.4) is 0 Å². The fourth-order valence-electron chi connectivity index (χ4n) is 8.69. The van der Waals surface area contributed by atoms with Crippen LogP contribution in [0.5, 0.6) is 11.5 Å². The smallest absolute Gasteiger partial charge is 0.318 e. The number of rotatable bonds is 0. The van der Waals surface area contributed by atoms with Gasteiger partial charge in [0.15, 0.2) is 0 Å². The highest BCUT2D eigenvalue weighted by atomic mass is 16.5. The molecule has 4 nitrogen and oxygen atoms in total. The zero-order valence-corrected chi connectivity index (χ0v) is 30.5. The van der Waals surface area contributed by atoms with E-state index in [0.717, 1.165) is 48.0 Å². The largest absolute Gasteiger partial charge is 0.425 e. The molecule has 54 heavy (non-hydrogen) atoms. The van der Waals surface area contributed by atoms with Gasteiger partial charge in [-0.2, -0.15) is 0 Å². The molecule has 0 fully saturated rings. The van der Waals surface area contributed by atoms with E-state index < -0.39 is 0 Å². The van der Waals surface area contributed by atoms with E-state index in [1.54, 1.807) is 0 Å². The van der Waals surface area contributed by atoms with Gasteiger partial charge >= 0.3 is 11.9 Å². The van der Waals surface area contributed by atoms with Crippen LogP contribution in [0.2, 0.25) is 0 Å². The minimum atomic E-state index is -0.311. The molecule has 0 bridgehead atoms. The number of aryl methyl sites for hydroxylation is 4. The highest BCUT2D eigenvalue weighted by Crippen LogP contribution is 2.48. The molecule has 264 valence electrons. The quantitative estimate of drug-likeness (QED) is 0.117. The fraction of sp³-hybridized carbons (Fsp3) is 0.160. The normalized spacial score (nSPS) is 18.1. The molecule has 0 N–H and O–H groups in total. The second-order valence-corrected chi connectivity index (χ2v) is 14.5. The summed E-state index contributed by atoms with van der Waals surface area (Å²) >= 11 is 0. The summed E-state index contributed by atoms with van der Waals surface area (Å²) < 4.78 is 11.2. The van der Waals surface area contributed by atoms with Crippen LogP contribution in [0.15, 0.2) is 146 Å². The molecule has 2 aliphatic carbocycles. The Labute approximate surface area is 316 Å². The van der Waals surface area contributed by atoms with Crippen molar-refractivity contribution in [1.29, 1.82) is 0 Å². The summed E-state index contributed by atoms with van der Waals surface area (Å²) in [6.45, 7) is 3.91. The van der Waals surface area contributed by atoms with E-state index in [4.69, 9.17) is 9.47 Å². The van der Waals surface area contributed by atoms with Gasteiger partial charge in [0.25, 0.3) is 0 Å². The average molecular weight is 705 g/mol. The molecule has 0 unspecified atom stereocenters. The van der Waals surface area contributed by atoms with Crippen molar-refractivity contribution in [1.82, 2.24) is 0 Å². The summed E-state index contributed by atoms with van der Waals surface area (Å²) in [7, 11) is 0. The molecule has 0 spiro atoms. The van der Waals surface area contributed by atoms with E-state index in [-0.39, 0.29) is 23.8 Å². The number of benzene rings is 6. The molecule has 6 aromatic carbocycles. The Morgan fingerprint density at radius 1 is 0.370 bits per heavy atom. The molecule has 6 aromatic rings. The lowest BCUT2D eigenvalue weighted by Crippen LogP contribution is -2.25. The highest BCUT2D eigenvalue weighted by molar-refractivity contribution is 6.10. The van der Waals surface area contributed by atoms with Gasteiger partial charge in [-0.1, -0.05) is 133 Å². The molecule has 0 saturated carbocycles. The molecule has 4 heteroatoms. The Kier molecular flexibility index (Phi) is 8.67. The second kappa shape index (κ2) is 13.9. The van der Waals surface area contributed by atoms with Crippen LogP contribution < -0.4 is 9.47 Å². The Morgan fingerprint density at radius 2 is 0.630 bits per heavy atom. The van der Waals surface area contributed by atoms with E-state index >= 15 is 0 Å². The van der Waals surface area contributed by atoms with Crippen molar-refractivity contribution >= 4 is 34.2 Å². The van der Waals surface area contributed by atoms with Gasteiger partial charge in [0.2, 0.25) is 0 Å². The summed E-state index contributed by atoms with van der Waals surface area (Å²) in [5, 5.41) is 0. The molecule has 2 aliphatic heterocycles. The third-order valence-electron chi connectivity index (χ3n) is 11.4. The number of ether oxygens (including phenoxy) is 2. The van der Waals surface area contributed by atoms with Gasteiger partial charge in [-0.15, -0.1) is 0 Å². The van der Waals surface area contributed by atoms with Crippen LogP contribution >= 0.6 is 0 Å². The Morgan fingerprint density at radius 3 is 0.944 bits per heavy atom. The summed E-state index contributed by atoms with van der Waals surface area (Å²) in [6, 6.07) is 50.1. The summed E-state index contributed by atoms with van der Waals surface area (Å²) in [4.78, 5) is 25.3. The predicted octanol–water partition coefficient (Wildman–Crippen LogP) is 10.6. The Balaban J connectivity index is 0.000000142. The zero-order valence-electron chi connectivity index (χ0n) is 30.5. The van der Waals surface area contributed by atoms with Crippen LogP contribution in [0.1, 0.15) is 69.5 Å². The molecule has 4 aliphatic rings. The van der Waals surface area contributed by atoms with Gasteiger partial charge in [0.05, 0.1) is 11.8 Å². The number of fused-ring (bicyclic) bond motifs is 6. The minimum Gasteiger partial charge on any atom is -0.425 e. The van der Waals surface area contributed by atoms with E-state index in [2.05, 4.69) is 109 Å². The Bertz CT molecular complexity index is 2260. The van der Waals surface area contributed by atoms with E-state index in [0.29, 0.717) is 11.5 Å². The second-order valence-electron chi connectivity index (χ2n) is 14.5. The van der Waals surface area contributed by atoms with E-state index in [1.165, 1.54) is 55.7 Å². The maximum atomic E-state index is 12.7. The van der Waals surface area contributed by atoms with Crippen LogP contribution in [-0.4, -0.2) is 11.9 Å². The standard InChI is InChI=1S/2C25H20O2/c2*1-16-23(21-12-6-7-13-22(21)27-25(16)26)24-19-10-4-2-8-17(19)14-15-18-9-3-5-11-20(18)24/h2*2-13,16H,14-15H2,1H3/t2*16-/m10/s1. The van der Waals surface area contributed by atoms with Crippen LogP contribution in [0, 0.1) is 11.8 Å². The molecule has 2 heterocycles. The van der Waals surface area contributed by atoms with Crippen molar-refractivity contribution in [2.75, 3.05) is 0 Å². The van der Waals surface area contributed by atoms with Gasteiger partial charge in [0, 0.05) is 11.1 Å². The molecular formula is C50H40O4. The number of hydrogen-bond acceptors (Lipinski definition) is 4. The number of carbonyl (C=O) groups is 2.